The summed E-state index contributed by atoms with van der Waals surface area (Å²) < 4.78 is 5.16. The molecule has 2 atom stereocenters. The molecule has 2 unspecified atom stereocenters. The summed E-state index contributed by atoms with van der Waals surface area (Å²) in [6.07, 6.45) is 0. The van der Waals surface area contributed by atoms with E-state index in [0.717, 1.165) is 0 Å². The topological polar surface area (TPSA) is 52.3 Å². The van der Waals surface area contributed by atoms with Gasteiger partial charge in [0.1, 0.15) is 0 Å². The number of rotatable bonds is 2. The van der Waals surface area contributed by atoms with Crippen LogP contribution in [0.15, 0.2) is 24.3 Å². The Kier molecular flexibility index (Phi) is 3.05. The average molecular weight is 226 g/mol. The van der Waals surface area contributed by atoms with Crippen molar-refractivity contribution in [3.05, 3.63) is 34.9 Å². The van der Waals surface area contributed by atoms with Gasteiger partial charge in [0.2, 0.25) is 0 Å². The lowest BCUT2D eigenvalue weighted by Crippen LogP contribution is -2.34. The van der Waals surface area contributed by atoms with E-state index in [9.17, 15) is 4.79 Å². The summed E-state index contributed by atoms with van der Waals surface area (Å²) in [7, 11) is 0. The van der Waals surface area contributed by atoms with E-state index < -0.39 is 0 Å². The first kappa shape index (κ1) is 10.6. The minimum atomic E-state index is -0.217. The molecule has 1 saturated heterocycles. The Bertz CT molecular complexity index is 363. The van der Waals surface area contributed by atoms with Gasteiger partial charge in [0, 0.05) is 16.6 Å². The molecule has 1 aliphatic rings. The fraction of sp³-hybridized carbons (Fsp3) is 0.364. The number of nitrogens with two attached hydrogens (primary N) is 1. The molecule has 0 saturated carbocycles. The van der Waals surface area contributed by atoms with Gasteiger partial charge in [-0.15, -0.1) is 0 Å². The molecule has 2 N–H and O–H groups in total. The summed E-state index contributed by atoms with van der Waals surface area (Å²) in [5.74, 6) is -0.178. The van der Waals surface area contributed by atoms with Crippen molar-refractivity contribution in [1.82, 2.24) is 0 Å². The molecule has 0 bridgehead atoms. The van der Waals surface area contributed by atoms with Gasteiger partial charge in [0.15, 0.2) is 5.78 Å². The van der Waals surface area contributed by atoms with Crippen LogP contribution in [0.3, 0.4) is 0 Å². The quantitative estimate of drug-likeness (QED) is 0.776. The molecule has 80 valence electrons. The number of ketones is 1. The Labute approximate surface area is 93.2 Å². The number of carbonyl (C=O) groups is 1. The molecule has 1 aliphatic heterocycles. The lowest BCUT2D eigenvalue weighted by Gasteiger charge is -2.11. The van der Waals surface area contributed by atoms with Crippen molar-refractivity contribution in [1.29, 1.82) is 0 Å². The lowest BCUT2D eigenvalue weighted by molar-refractivity contribution is 0.0896. The molecule has 15 heavy (non-hydrogen) atoms. The maximum absolute atomic E-state index is 12.0. The zero-order valence-corrected chi connectivity index (χ0v) is 8.91. The van der Waals surface area contributed by atoms with E-state index in [2.05, 4.69) is 0 Å². The van der Waals surface area contributed by atoms with Crippen LogP contribution in [-0.4, -0.2) is 25.0 Å². The second kappa shape index (κ2) is 4.31. The predicted octanol–water partition coefficient (Wildman–Crippen LogP) is 1.50. The maximum atomic E-state index is 12.0. The number of benzene rings is 1. The van der Waals surface area contributed by atoms with Gasteiger partial charge in [-0.1, -0.05) is 11.6 Å². The summed E-state index contributed by atoms with van der Waals surface area (Å²) in [4.78, 5) is 12.0. The van der Waals surface area contributed by atoms with Gasteiger partial charge in [0.05, 0.1) is 19.1 Å². The molecular weight excluding hydrogens is 214 g/mol. The van der Waals surface area contributed by atoms with Crippen molar-refractivity contribution < 1.29 is 9.53 Å². The molecule has 1 aromatic rings. The number of Topliss-reactive ketones (excluding diaryl/α,β-unsaturated/α-hetero) is 1. The highest BCUT2D eigenvalue weighted by Gasteiger charge is 2.31. The molecule has 0 spiro atoms. The summed E-state index contributed by atoms with van der Waals surface area (Å²) in [6, 6.07) is 6.66. The summed E-state index contributed by atoms with van der Waals surface area (Å²) in [5, 5.41) is 0.624. The van der Waals surface area contributed by atoms with Gasteiger partial charge in [-0.25, -0.2) is 0 Å². The Morgan fingerprint density at radius 1 is 1.33 bits per heavy atom. The minimum absolute atomic E-state index is 0.0386. The maximum Gasteiger partial charge on any atom is 0.169 e. The Morgan fingerprint density at radius 2 is 2.00 bits per heavy atom. The number of hydrogen-bond acceptors (Lipinski definition) is 3. The van der Waals surface area contributed by atoms with E-state index in [1.54, 1.807) is 24.3 Å². The van der Waals surface area contributed by atoms with Crippen LogP contribution in [0.4, 0.5) is 0 Å². The monoisotopic (exact) mass is 225 g/mol. The van der Waals surface area contributed by atoms with Gasteiger partial charge in [-0.2, -0.15) is 0 Å². The van der Waals surface area contributed by atoms with Gasteiger partial charge in [-0.3, -0.25) is 4.79 Å². The van der Waals surface area contributed by atoms with Crippen LogP contribution >= 0.6 is 11.6 Å². The largest absolute Gasteiger partial charge is 0.379 e. The molecule has 3 nitrogen and oxygen atoms in total. The molecule has 4 heteroatoms. The van der Waals surface area contributed by atoms with Crippen LogP contribution in [-0.2, 0) is 4.74 Å². The van der Waals surface area contributed by atoms with Crippen molar-refractivity contribution in [3.63, 3.8) is 0 Å². The summed E-state index contributed by atoms with van der Waals surface area (Å²) in [5.41, 5.74) is 6.42. The molecule has 0 aromatic heterocycles. The molecule has 1 heterocycles. The third kappa shape index (κ3) is 2.20. The zero-order valence-electron chi connectivity index (χ0n) is 8.15. The normalized spacial score (nSPS) is 25.5. The van der Waals surface area contributed by atoms with Crippen molar-refractivity contribution in [2.75, 3.05) is 13.2 Å². The molecule has 0 radical (unpaired) electrons. The Morgan fingerprint density at radius 3 is 2.53 bits per heavy atom. The van der Waals surface area contributed by atoms with E-state index in [1.165, 1.54) is 0 Å². The molecule has 1 fully saturated rings. The van der Waals surface area contributed by atoms with E-state index in [0.29, 0.717) is 23.8 Å². The van der Waals surface area contributed by atoms with E-state index in [1.807, 2.05) is 0 Å². The van der Waals surface area contributed by atoms with Crippen molar-refractivity contribution in [3.8, 4) is 0 Å². The molecule has 2 rings (SSSR count). The SMILES string of the molecule is NC1COCC1C(=O)c1ccc(Cl)cc1. The fourth-order valence-corrected chi connectivity index (χ4v) is 1.80. The van der Waals surface area contributed by atoms with Crippen LogP contribution in [0, 0.1) is 5.92 Å². The van der Waals surface area contributed by atoms with E-state index >= 15 is 0 Å². The third-order valence-corrected chi connectivity index (χ3v) is 2.84. The van der Waals surface area contributed by atoms with E-state index in [4.69, 9.17) is 22.1 Å². The second-order valence-electron chi connectivity index (χ2n) is 3.68. The summed E-state index contributed by atoms with van der Waals surface area (Å²) >= 11 is 5.74. The molecule has 0 aliphatic carbocycles. The van der Waals surface area contributed by atoms with Gasteiger partial charge >= 0.3 is 0 Å². The first-order valence-corrected chi connectivity index (χ1v) is 5.19. The standard InChI is InChI=1S/C11H12ClNO2/c12-8-3-1-7(2-4-8)11(14)9-5-15-6-10(9)13/h1-4,9-10H,5-6,13H2. The van der Waals surface area contributed by atoms with Crippen LogP contribution in [0.25, 0.3) is 0 Å². The Balaban J connectivity index is 2.17. The highest BCUT2D eigenvalue weighted by atomic mass is 35.5. The fourth-order valence-electron chi connectivity index (χ4n) is 1.67. The predicted molar refractivity (Wildman–Crippen MR) is 58.1 cm³/mol. The van der Waals surface area contributed by atoms with Gasteiger partial charge in [0.25, 0.3) is 0 Å². The average Bonchev–Trinajstić information content (AvgIpc) is 2.65. The van der Waals surface area contributed by atoms with Gasteiger partial charge < -0.3 is 10.5 Å². The lowest BCUT2D eigenvalue weighted by atomic mass is 9.94. The number of ether oxygens (including phenoxy) is 1. The number of carbonyl (C=O) groups excluding carboxylic acids is 1. The second-order valence-corrected chi connectivity index (χ2v) is 4.12. The minimum Gasteiger partial charge on any atom is -0.379 e. The van der Waals surface area contributed by atoms with Crippen LogP contribution in [0.1, 0.15) is 10.4 Å². The highest BCUT2D eigenvalue weighted by Crippen LogP contribution is 2.19. The third-order valence-electron chi connectivity index (χ3n) is 2.59. The number of hydrogen-bond donors (Lipinski definition) is 1. The van der Waals surface area contributed by atoms with Crippen molar-refractivity contribution in [2.24, 2.45) is 11.7 Å². The highest BCUT2D eigenvalue weighted by molar-refractivity contribution is 6.30. The zero-order chi connectivity index (χ0) is 10.8. The van der Waals surface area contributed by atoms with Crippen LogP contribution < -0.4 is 5.73 Å². The first-order chi connectivity index (χ1) is 7.18. The van der Waals surface area contributed by atoms with Gasteiger partial charge in [-0.05, 0) is 24.3 Å². The van der Waals surface area contributed by atoms with Crippen LogP contribution in [0.2, 0.25) is 5.02 Å². The molecule has 0 amide bonds. The van der Waals surface area contributed by atoms with E-state index in [-0.39, 0.29) is 17.7 Å². The first-order valence-electron chi connectivity index (χ1n) is 4.81. The molecular formula is C11H12ClNO2. The smallest absolute Gasteiger partial charge is 0.169 e. The van der Waals surface area contributed by atoms with Crippen LogP contribution in [0.5, 0.6) is 0 Å². The van der Waals surface area contributed by atoms with Crippen molar-refractivity contribution >= 4 is 17.4 Å². The van der Waals surface area contributed by atoms with Crippen molar-refractivity contribution in [2.45, 2.75) is 6.04 Å². The molecule has 1 aromatic carbocycles. The number of halogens is 1. The summed E-state index contributed by atoms with van der Waals surface area (Å²) in [6.45, 7) is 0.882. The Hall–Kier alpha value is -0.900.